The Kier molecular flexibility index (Phi) is 2.38. The molecule has 56 valence electrons. The lowest BCUT2D eigenvalue weighted by atomic mass is 10.2. The van der Waals surface area contributed by atoms with Crippen molar-refractivity contribution in [2.75, 3.05) is 12.8 Å². The van der Waals surface area contributed by atoms with E-state index in [1.54, 1.807) is 11.8 Å². The van der Waals surface area contributed by atoms with Gasteiger partial charge in [-0.2, -0.15) is 0 Å². The molecule has 0 aromatic rings. The zero-order chi connectivity index (χ0) is 7.56. The molecule has 0 atom stereocenters. The lowest BCUT2D eigenvalue weighted by molar-refractivity contribution is -0.120. The Morgan fingerprint density at radius 2 is 2.30 bits per heavy atom. The Balaban J connectivity index is 2.72. The molecule has 1 aliphatic rings. The van der Waals surface area contributed by atoms with Gasteiger partial charge in [0.1, 0.15) is 0 Å². The highest BCUT2D eigenvalue weighted by molar-refractivity contribution is 8.02. The fourth-order valence-corrected chi connectivity index (χ4v) is 1.63. The second kappa shape index (κ2) is 3.10. The summed E-state index contributed by atoms with van der Waals surface area (Å²) in [6, 6.07) is 0. The second-order valence-corrected chi connectivity index (χ2v) is 3.26. The van der Waals surface area contributed by atoms with Gasteiger partial charge in [0.25, 0.3) is 0 Å². The van der Waals surface area contributed by atoms with E-state index in [0.29, 0.717) is 6.42 Å². The van der Waals surface area contributed by atoms with Gasteiger partial charge in [0.05, 0.1) is 6.42 Å². The highest BCUT2D eigenvalue weighted by Crippen LogP contribution is 2.22. The van der Waals surface area contributed by atoms with E-state index in [9.17, 15) is 4.79 Å². The molecule has 1 heterocycles. The van der Waals surface area contributed by atoms with Gasteiger partial charge in [-0.3, -0.25) is 4.79 Å². The molecule has 0 spiro atoms. The van der Waals surface area contributed by atoms with Gasteiger partial charge in [0.2, 0.25) is 5.91 Å². The number of rotatable bonds is 1. The average Bonchev–Trinajstić information content (AvgIpc) is 1.94. The summed E-state index contributed by atoms with van der Waals surface area (Å²) in [5.41, 5.74) is 1.30. The molecular formula is C7H11NOS. The molecule has 0 aromatic heterocycles. The predicted molar refractivity (Wildman–Crippen MR) is 43.8 cm³/mol. The molecule has 1 amide bonds. The Hall–Kier alpha value is -0.440. The van der Waals surface area contributed by atoms with Gasteiger partial charge in [-0.25, -0.2) is 0 Å². The van der Waals surface area contributed by atoms with Gasteiger partial charge in [-0.15, -0.1) is 11.8 Å². The Morgan fingerprint density at radius 3 is 2.80 bits per heavy atom. The molecule has 0 saturated heterocycles. The van der Waals surface area contributed by atoms with Crippen LogP contribution in [0.25, 0.3) is 0 Å². The van der Waals surface area contributed by atoms with Crippen LogP contribution in [0.3, 0.4) is 0 Å². The monoisotopic (exact) mass is 157 g/mol. The normalized spacial score (nSPS) is 19.2. The van der Waals surface area contributed by atoms with Crippen LogP contribution in [0, 0.1) is 0 Å². The van der Waals surface area contributed by atoms with Crippen molar-refractivity contribution in [3.63, 3.8) is 0 Å². The van der Waals surface area contributed by atoms with E-state index >= 15 is 0 Å². The SMILES string of the molecule is CSC1=C(C)CNC(=O)C1. The summed E-state index contributed by atoms with van der Waals surface area (Å²) in [7, 11) is 0. The van der Waals surface area contributed by atoms with E-state index in [0.717, 1.165) is 6.54 Å². The molecule has 3 heteroatoms. The molecule has 2 nitrogen and oxygen atoms in total. The van der Waals surface area contributed by atoms with E-state index < -0.39 is 0 Å². The van der Waals surface area contributed by atoms with E-state index in [2.05, 4.69) is 12.2 Å². The van der Waals surface area contributed by atoms with Crippen LogP contribution in [0.4, 0.5) is 0 Å². The first-order chi connectivity index (χ1) is 4.74. The topological polar surface area (TPSA) is 29.1 Å². The van der Waals surface area contributed by atoms with Crippen molar-refractivity contribution in [1.82, 2.24) is 5.32 Å². The number of nitrogens with one attached hydrogen (secondary N) is 1. The molecule has 0 saturated carbocycles. The van der Waals surface area contributed by atoms with Crippen molar-refractivity contribution >= 4 is 17.7 Å². The first kappa shape index (κ1) is 7.66. The first-order valence-electron chi connectivity index (χ1n) is 3.23. The van der Waals surface area contributed by atoms with Crippen molar-refractivity contribution in [1.29, 1.82) is 0 Å². The minimum Gasteiger partial charge on any atom is -0.352 e. The Morgan fingerprint density at radius 1 is 1.60 bits per heavy atom. The van der Waals surface area contributed by atoms with Gasteiger partial charge < -0.3 is 5.32 Å². The van der Waals surface area contributed by atoms with E-state index in [4.69, 9.17) is 0 Å². The van der Waals surface area contributed by atoms with Crippen LogP contribution in [0.5, 0.6) is 0 Å². The van der Waals surface area contributed by atoms with Crippen LogP contribution < -0.4 is 5.32 Å². The van der Waals surface area contributed by atoms with Crippen LogP contribution in [0.2, 0.25) is 0 Å². The molecule has 0 unspecified atom stereocenters. The summed E-state index contributed by atoms with van der Waals surface area (Å²) < 4.78 is 0. The minimum atomic E-state index is 0.148. The zero-order valence-corrected chi connectivity index (χ0v) is 7.05. The van der Waals surface area contributed by atoms with E-state index in [-0.39, 0.29) is 5.91 Å². The predicted octanol–water partition coefficient (Wildman–Crippen LogP) is 1.14. The lowest BCUT2D eigenvalue weighted by Crippen LogP contribution is -2.29. The maximum atomic E-state index is 10.8. The number of thioether (sulfide) groups is 1. The van der Waals surface area contributed by atoms with Gasteiger partial charge in [0.15, 0.2) is 0 Å². The maximum Gasteiger partial charge on any atom is 0.225 e. The Bertz CT molecular complexity index is 186. The third-order valence-electron chi connectivity index (χ3n) is 1.59. The van der Waals surface area contributed by atoms with Gasteiger partial charge >= 0.3 is 0 Å². The molecule has 1 aliphatic heterocycles. The quantitative estimate of drug-likeness (QED) is 0.618. The van der Waals surface area contributed by atoms with Crippen molar-refractivity contribution in [2.24, 2.45) is 0 Å². The molecule has 10 heavy (non-hydrogen) atoms. The average molecular weight is 157 g/mol. The number of amides is 1. The summed E-state index contributed by atoms with van der Waals surface area (Å²) in [4.78, 5) is 12.0. The molecule has 0 radical (unpaired) electrons. The summed E-state index contributed by atoms with van der Waals surface area (Å²) in [5.74, 6) is 0.148. The van der Waals surface area contributed by atoms with Crippen molar-refractivity contribution in [3.8, 4) is 0 Å². The zero-order valence-electron chi connectivity index (χ0n) is 6.23. The molecule has 0 aliphatic carbocycles. The van der Waals surface area contributed by atoms with Crippen LogP contribution >= 0.6 is 11.8 Å². The number of carbonyl (C=O) groups is 1. The highest BCUT2D eigenvalue weighted by atomic mass is 32.2. The molecular weight excluding hydrogens is 146 g/mol. The van der Waals surface area contributed by atoms with E-state index in [1.807, 2.05) is 6.26 Å². The fourth-order valence-electron chi connectivity index (χ4n) is 0.935. The number of hydrogen-bond acceptors (Lipinski definition) is 2. The molecule has 1 N–H and O–H groups in total. The lowest BCUT2D eigenvalue weighted by Gasteiger charge is -2.16. The third kappa shape index (κ3) is 1.53. The summed E-state index contributed by atoms with van der Waals surface area (Å²) >= 11 is 1.68. The first-order valence-corrected chi connectivity index (χ1v) is 4.46. The summed E-state index contributed by atoms with van der Waals surface area (Å²) in [5, 5.41) is 2.79. The highest BCUT2D eigenvalue weighted by Gasteiger charge is 2.13. The molecule has 0 bridgehead atoms. The van der Waals surface area contributed by atoms with Crippen LogP contribution in [-0.4, -0.2) is 18.7 Å². The number of hydrogen-bond donors (Lipinski definition) is 1. The van der Waals surface area contributed by atoms with Crippen molar-refractivity contribution < 1.29 is 4.79 Å². The number of carbonyl (C=O) groups excluding carboxylic acids is 1. The fraction of sp³-hybridized carbons (Fsp3) is 0.571. The Labute approximate surface area is 65.1 Å². The van der Waals surface area contributed by atoms with Crippen molar-refractivity contribution in [3.05, 3.63) is 10.5 Å². The van der Waals surface area contributed by atoms with Gasteiger partial charge in [0, 0.05) is 6.54 Å². The second-order valence-electron chi connectivity index (χ2n) is 2.36. The van der Waals surface area contributed by atoms with Crippen molar-refractivity contribution in [2.45, 2.75) is 13.3 Å². The van der Waals surface area contributed by atoms with Crippen LogP contribution in [0.15, 0.2) is 10.5 Å². The summed E-state index contributed by atoms with van der Waals surface area (Å²) in [6.45, 7) is 2.79. The van der Waals surface area contributed by atoms with Crippen LogP contribution in [0.1, 0.15) is 13.3 Å². The van der Waals surface area contributed by atoms with Gasteiger partial charge in [-0.1, -0.05) is 0 Å². The van der Waals surface area contributed by atoms with E-state index in [1.165, 1.54) is 10.5 Å². The molecule has 1 rings (SSSR count). The molecule has 0 aromatic carbocycles. The third-order valence-corrected chi connectivity index (χ3v) is 2.58. The van der Waals surface area contributed by atoms with Crippen LogP contribution in [-0.2, 0) is 4.79 Å². The van der Waals surface area contributed by atoms with Gasteiger partial charge in [-0.05, 0) is 23.7 Å². The smallest absolute Gasteiger partial charge is 0.225 e. The standard InChI is InChI=1S/C7H11NOS/c1-5-4-8-7(9)3-6(5)10-2/h3-4H2,1-2H3,(H,8,9). The summed E-state index contributed by atoms with van der Waals surface area (Å²) in [6.07, 6.45) is 2.59. The molecule has 0 fully saturated rings. The minimum absolute atomic E-state index is 0.148. The maximum absolute atomic E-state index is 10.8. The largest absolute Gasteiger partial charge is 0.352 e.